The van der Waals surface area contributed by atoms with Crippen LogP contribution in [0.1, 0.15) is 24.5 Å². The number of halogens is 1. The van der Waals surface area contributed by atoms with Gasteiger partial charge in [0, 0.05) is 10.6 Å². The van der Waals surface area contributed by atoms with Crippen molar-refractivity contribution in [3.8, 4) is 5.75 Å². The SMILES string of the molecule is COC(=O)C1(c2cc(Cl)c(C)cc2OC)CC1C. The molecule has 0 heterocycles. The Morgan fingerprint density at radius 3 is 2.50 bits per heavy atom. The van der Waals surface area contributed by atoms with Gasteiger partial charge in [0.1, 0.15) is 5.75 Å². The van der Waals surface area contributed by atoms with Crippen molar-refractivity contribution in [2.24, 2.45) is 5.92 Å². The zero-order valence-electron chi connectivity index (χ0n) is 11.0. The summed E-state index contributed by atoms with van der Waals surface area (Å²) in [6.07, 6.45) is 0.773. The number of methoxy groups -OCH3 is 2. The Labute approximate surface area is 112 Å². The van der Waals surface area contributed by atoms with Crippen molar-refractivity contribution in [3.63, 3.8) is 0 Å². The average molecular weight is 269 g/mol. The van der Waals surface area contributed by atoms with E-state index in [9.17, 15) is 4.79 Å². The van der Waals surface area contributed by atoms with Crippen LogP contribution in [0.3, 0.4) is 0 Å². The third-order valence-corrected chi connectivity index (χ3v) is 4.23. The van der Waals surface area contributed by atoms with Crippen LogP contribution in [-0.2, 0) is 14.9 Å². The molecule has 2 rings (SSSR count). The van der Waals surface area contributed by atoms with Crippen molar-refractivity contribution in [2.45, 2.75) is 25.7 Å². The van der Waals surface area contributed by atoms with Crippen molar-refractivity contribution in [2.75, 3.05) is 14.2 Å². The Bertz CT molecular complexity index is 498. The van der Waals surface area contributed by atoms with Crippen LogP contribution in [0.15, 0.2) is 12.1 Å². The van der Waals surface area contributed by atoms with Gasteiger partial charge in [0.2, 0.25) is 0 Å². The first-order chi connectivity index (χ1) is 8.47. The second kappa shape index (κ2) is 4.47. The summed E-state index contributed by atoms with van der Waals surface area (Å²) in [4.78, 5) is 12.1. The minimum absolute atomic E-state index is 0.215. The molecule has 4 heteroatoms. The lowest BCUT2D eigenvalue weighted by Crippen LogP contribution is -2.24. The number of carbonyl (C=O) groups excluding carboxylic acids is 1. The van der Waals surface area contributed by atoms with E-state index in [4.69, 9.17) is 21.1 Å². The van der Waals surface area contributed by atoms with E-state index in [2.05, 4.69) is 0 Å². The maximum Gasteiger partial charge on any atom is 0.316 e. The molecule has 1 aliphatic carbocycles. The van der Waals surface area contributed by atoms with Gasteiger partial charge in [-0.1, -0.05) is 18.5 Å². The van der Waals surface area contributed by atoms with Gasteiger partial charge in [0.25, 0.3) is 0 Å². The summed E-state index contributed by atoms with van der Waals surface area (Å²) in [7, 11) is 3.02. The van der Waals surface area contributed by atoms with Gasteiger partial charge in [-0.2, -0.15) is 0 Å². The molecule has 0 bridgehead atoms. The third-order valence-electron chi connectivity index (χ3n) is 3.82. The van der Waals surface area contributed by atoms with Crippen LogP contribution in [0.2, 0.25) is 5.02 Å². The fraction of sp³-hybridized carbons (Fsp3) is 0.500. The highest BCUT2D eigenvalue weighted by molar-refractivity contribution is 6.31. The number of hydrogen-bond donors (Lipinski definition) is 0. The molecular formula is C14H17ClO3. The van der Waals surface area contributed by atoms with Gasteiger partial charge < -0.3 is 9.47 Å². The quantitative estimate of drug-likeness (QED) is 0.790. The lowest BCUT2D eigenvalue weighted by molar-refractivity contribution is -0.144. The summed E-state index contributed by atoms with van der Waals surface area (Å²) >= 11 is 6.16. The fourth-order valence-corrected chi connectivity index (χ4v) is 2.71. The summed E-state index contributed by atoms with van der Waals surface area (Å²) < 4.78 is 10.3. The molecule has 98 valence electrons. The molecule has 2 unspecified atom stereocenters. The summed E-state index contributed by atoms with van der Waals surface area (Å²) in [5, 5.41) is 0.646. The Morgan fingerprint density at radius 2 is 2.06 bits per heavy atom. The summed E-state index contributed by atoms with van der Waals surface area (Å²) in [5.41, 5.74) is 1.18. The van der Waals surface area contributed by atoms with Crippen molar-refractivity contribution in [1.29, 1.82) is 0 Å². The minimum atomic E-state index is -0.586. The van der Waals surface area contributed by atoms with Gasteiger partial charge in [-0.25, -0.2) is 0 Å². The molecule has 1 aliphatic rings. The van der Waals surface area contributed by atoms with Crippen LogP contribution in [0.5, 0.6) is 5.75 Å². The maximum atomic E-state index is 12.1. The maximum absolute atomic E-state index is 12.1. The van der Waals surface area contributed by atoms with Crippen molar-refractivity contribution in [1.82, 2.24) is 0 Å². The smallest absolute Gasteiger partial charge is 0.316 e. The van der Waals surface area contributed by atoms with Crippen molar-refractivity contribution in [3.05, 3.63) is 28.3 Å². The molecule has 0 spiro atoms. The van der Waals surface area contributed by atoms with Crippen LogP contribution in [-0.4, -0.2) is 20.2 Å². The van der Waals surface area contributed by atoms with E-state index in [1.54, 1.807) is 7.11 Å². The topological polar surface area (TPSA) is 35.5 Å². The van der Waals surface area contributed by atoms with Gasteiger partial charge >= 0.3 is 5.97 Å². The summed E-state index contributed by atoms with van der Waals surface area (Å²) in [6, 6.07) is 3.70. The summed E-state index contributed by atoms with van der Waals surface area (Å²) in [5.74, 6) is 0.734. The Kier molecular flexibility index (Phi) is 3.28. The number of aryl methyl sites for hydroxylation is 1. The van der Waals surface area contributed by atoms with Gasteiger partial charge in [0.15, 0.2) is 0 Å². The lowest BCUT2D eigenvalue weighted by atomic mass is 9.91. The van der Waals surface area contributed by atoms with Crippen molar-refractivity contribution >= 4 is 17.6 Å². The van der Waals surface area contributed by atoms with E-state index in [0.29, 0.717) is 10.8 Å². The van der Waals surface area contributed by atoms with Crippen LogP contribution in [0, 0.1) is 12.8 Å². The van der Waals surface area contributed by atoms with Crippen LogP contribution in [0.25, 0.3) is 0 Å². The Balaban J connectivity index is 2.56. The molecule has 1 saturated carbocycles. The molecule has 1 aromatic carbocycles. The van der Waals surface area contributed by atoms with E-state index in [1.807, 2.05) is 26.0 Å². The predicted octanol–water partition coefficient (Wildman–Crippen LogP) is 3.11. The first-order valence-corrected chi connectivity index (χ1v) is 6.28. The monoisotopic (exact) mass is 268 g/mol. The number of benzene rings is 1. The van der Waals surface area contributed by atoms with E-state index < -0.39 is 5.41 Å². The van der Waals surface area contributed by atoms with Crippen LogP contribution < -0.4 is 4.74 Å². The molecule has 0 amide bonds. The molecule has 18 heavy (non-hydrogen) atoms. The molecule has 0 aliphatic heterocycles. The zero-order chi connectivity index (χ0) is 13.5. The van der Waals surface area contributed by atoms with E-state index in [0.717, 1.165) is 17.5 Å². The van der Waals surface area contributed by atoms with Gasteiger partial charge in [-0.15, -0.1) is 0 Å². The molecule has 2 atom stereocenters. The molecule has 3 nitrogen and oxygen atoms in total. The van der Waals surface area contributed by atoms with E-state index >= 15 is 0 Å². The third kappa shape index (κ3) is 1.77. The standard InChI is InChI=1S/C14H17ClO3/c1-8-5-12(17-3)10(6-11(8)15)14(7-9(14)2)13(16)18-4/h5-6,9H,7H2,1-4H3. The molecule has 0 N–H and O–H groups in total. The normalized spacial score (nSPS) is 25.7. The highest BCUT2D eigenvalue weighted by Crippen LogP contribution is 2.57. The lowest BCUT2D eigenvalue weighted by Gasteiger charge is -2.19. The number of esters is 1. The zero-order valence-corrected chi connectivity index (χ0v) is 11.8. The van der Waals surface area contributed by atoms with E-state index in [1.165, 1.54) is 7.11 Å². The Hall–Kier alpha value is -1.22. The second-order valence-corrected chi connectivity index (χ2v) is 5.28. The number of ether oxygens (including phenoxy) is 2. The van der Waals surface area contributed by atoms with Crippen LogP contribution >= 0.6 is 11.6 Å². The van der Waals surface area contributed by atoms with Gasteiger partial charge in [-0.05, 0) is 37.0 Å². The molecular weight excluding hydrogens is 252 g/mol. The number of carbonyl (C=O) groups is 1. The molecule has 0 saturated heterocycles. The van der Waals surface area contributed by atoms with Crippen molar-refractivity contribution < 1.29 is 14.3 Å². The fourth-order valence-electron chi connectivity index (χ4n) is 2.55. The minimum Gasteiger partial charge on any atom is -0.496 e. The number of rotatable bonds is 3. The first kappa shape index (κ1) is 13.2. The second-order valence-electron chi connectivity index (χ2n) is 4.87. The first-order valence-electron chi connectivity index (χ1n) is 5.90. The summed E-state index contributed by atoms with van der Waals surface area (Å²) in [6.45, 7) is 3.94. The molecule has 0 aromatic heterocycles. The largest absolute Gasteiger partial charge is 0.496 e. The highest BCUT2D eigenvalue weighted by Gasteiger charge is 2.61. The Morgan fingerprint density at radius 1 is 1.44 bits per heavy atom. The van der Waals surface area contributed by atoms with Gasteiger partial charge in [-0.3, -0.25) is 4.79 Å². The number of hydrogen-bond acceptors (Lipinski definition) is 3. The molecule has 0 radical (unpaired) electrons. The highest BCUT2D eigenvalue weighted by atomic mass is 35.5. The molecule has 1 aromatic rings. The van der Waals surface area contributed by atoms with E-state index in [-0.39, 0.29) is 11.9 Å². The van der Waals surface area contributed by atoms with Crippen LogP contribution in [0.4, 0.5) is 0 Å². The predicted molar refractivity (Wildman–Crippen MR) is 70.2 cm³/mol. The van der Waals surface area contributed by atoms with Gasteiger partial charge in [0.05, 0.1) is 19.6 Å². The average Bonchev–Trinajstić information content (AvgIpc) is 3.04. The molecule has 1 fully saturated rings.